The fourth-order valence-electron chi connectivity index (χ4n) is 2.44. The minimum atomic E-state index is -0.741. The SMILES string of the molecule is O=C(O)CC1CN(Cc2nc(-c3cccc(Br)c3)no2)C1. The third kappa shape index (κ3) is 3.48. The minimum absolute atomic E-state index is 0.226. The first-order valence-corrected chi connectivity index (χ1v) is 7.42. The van der Waals surface area contributed by atoms with Gasteiger partial charge in [-0.2, -0.15) is 4.98 Å². The number of rotatable bonds is 5. The topological polar surface area (TPSA) is 79.5 Å². The zero-order valence-corrected chi connectivity index (χ0v) is 12.8. The van der Waals surface area contributed by atoms with Gasteiger partial charge in [-0.25, -0.2) is 0 Å². The van der Waals surface area contributed by atoms with Crippen LogP contribution in [0.4, 0.5) is 0 Å². The van der Waals surface area contributed by atoms with Crippen molar-refractivity contribution >= 4 is 21.9 Å². The van der Waals surface area contributed by atoms with Gasteiger partial charge in [-0.1, -0.05) is 33.2 Å². The van der Waals surface area contributed by atoms with Gasteiger partial charge in [0.15, 0.2) is 0 Å². The Morgan fingerprint density at radius 3 is 3.00 bits per heavy atom. The lowest BCUT2D eigenvalue weighted by Gasteiger charge is -2.37. The number of likely N-dealkylation sites (tertiary alicyclic amines) is 1. The van der Waals surface area contributed by atoms with Crippen LogP contribution in [-0.2, 0) is 11.3 Å². The van der Waals surface area contributed by atoms with Crippen molar-refractivity contribution in [2.45, 2.75) is 13.0 Å². The first-order valence-electron chi connectivity index (χ1n) is 6.63. The van der Waals surface area contributed by atoms with Gasteiger partial charge in [0, 0.05) is 23.1 Å². The zero-order valence-electron chi connectivity index (χ0n) is 11.2. The fraction of sp³-hybridized carbons (Fsp3) is 0.357. The highest BCUT2D eigenvalue weighted by atomic mass is 79.9. The van der Waals surface area contributed by atoms with Crippen LogP contribution in [0.2, 0.25) is 0 Å². The molecule has 21 heavy (non-hydrogen) atoms. The van der Waals surface area contributed by atoms with Crippen LogP contribution in [0.3, 0.4) is 0 Å². The van der Waals surface area contributed by atoms with E-state index in [1.165, 1.54) is 0 Å². The summed E-state index contributed by atoms with van der Waals surface area (Å²) in [6, 6.07) is 7.71. The smallest absolute Gasteiger partial charge is 0.303 e. The van der Waals surface area contributed by atoms with Crippen molar-refractivity contribution in [2.24, 2.45) is 5.92 Å². The molecule has 1 N–H and O–H groups in total. The molecule has 2 aromatic rings. The van der Waals surface area contributed by atoms with Gasteiger partial charge in [-0.05, 0) is 18.1 Å². The number of benzene rings is 1. The second-order valence-corrected chi connectivity index (χ2v) is 6.10. The molecule has 3 rings (SSSR count). The number of carboxylic acid groups (broad SMARTS) is 1. The normalized spacial score (nSPS) is 15.9. The molecule has 7 heteroatoms. The average Bonchev–Trinajstić information content (AvgIpc) is 2.84. The van der Waals surface area contributed by atoms with E-state index in [0.29, 0.717) is 18.3 Å². The number of aromatic nitrogens is 2. The number of hydrogen-bond donors (Lipinski definition) is 1. The highest BCUT2D eigenvalue weighted by molar-refractivity contribution is 9.10. The number of nitrogens with zero attached hydrogens (tertiary/aromatic N) is 3. The predicted octanol–water partition coefficient (Wildman–Crippen LogP) is 2.41. The molecule has 0 unspecified atom stereocenters. The molecule has 0 bridgehead atoms. The van der Waals surface area contributed by atoms with Gasteiger partial charge < -0.3 is 9.63 Å². The van der Waals surface area contributed by atoms with Crippen LogP contribution in [0.5, 0.6) is 0 Å². The molecule has 1 aromatic carbocycles. The molecule has 0 saturated carbocycles. The highest BCUT2D eigenvalue weighted by Gasteiger charge is 2.29. The predicted molar refractivity (Wildman–Crippen MR) is 78.5 cm³/mol. The van der Waals surface area contributed by atoms with Gasteiger partial charge in [0.05, 0.1) is 13.0 Å². The largest absolute Gasteiger partial charge is 0.481 e. The summed E-state index contributed by atoms with van der Waals surface area (Å²) >= 11 is 3.41. The van der Waals surface area contributed by atoms with Gasteiger partial charge in [-0.3, -0.25) is 9.69 Å². The Bertz CT molecular complexity index is 652. The van der Waals surface area contributed by atoms with Gasteiger partial charge in [0.2, 0.25) is 11.7 Å². The molecule has 110 valence electrons. The molecule has 1 aliphatic heterocycles. The summed E-state index contributed by atoms with van der Waals surface area (Å²) in [4.78, 5) is 17.1. The second kappa shape index (κ2) is 5.95. The van der Waals surface area contributed by atoms with Crippen LogP contribution in [-0.4, -0.2) is 39.2 Å². The van der Waals surface area contributed by atoms with E-state index >= 15 is 0 Å². The average molecular weight is 352 g/mol. The standard InChI is InChI=1S/C14H14BrN3O3/c15-11-3-1-2-10(5-11)14-16-12(21-17-14)8-18-6-9(7-18)4-13(19)20/h1-3,5,9H,4,6-8H2,(H,19,20). The first-order chi connectivity index (χ1) is 10.1. The quantitative estimate of drug-likeness (QED) is 0.890. The van der Waals surface area contributed by atoms with Crippen molar-refractivity contribution in [3.8, 4) is 11.4 Å². The summed E-state index contributed by atoms with van der Waals surface area (Å²) in [6.45, 7) is 2.10. The monoisotopic (exact) mass is 351 g/mol. The molecular formula is C14H14BrN3O3. The van der Waals surface area contributed by atoms with Gasteiger partial charge in [0.1, 0.15) is 0 Å². The third-order valence-corrected chi connectivity index (χ3v) is 3.90. The Morgan fingerprint density at radius 1 is 1.48 bits per heavy atom. The maximum absolute atomic E-state index is 10.6. The lowest BCUT2D eigenvalue weighted by molar-refractivity contribution is -0.139. The van der Waals surface area contributed by atoms with Crippen molar-refractivity contribution in [2.75, 3.05) is 13.1 Å². The maximum Gasteiger partial charge on any atom is 0.303 e. The number of hydrogen-bond acceptors (Lipinski definition) is 5. The van der Waals surface area contributed by atoms with Crippen molar-refractivity contribution in [1.29, 1.82) is 0 Å². The third-order valence-electron chi connectivity index (χ3n) is 3.41. The van der Waals surface area contributed by atoms with E-state index < -0.39 is 5.97 Å². The number of carbonyl (C=O) groups is 1. The lowest BCUT2D eigenvalue weighted by Crippen LogP contribution is -2.46. The van der Waals surface area contributed by atoms with E-state index in [4.69, 9.17) is 9.63 Å². The van der Waals surface area contributed by atoms with E-state index in [1.54, 1.807) is 0 Å². The lowest BCUT2D eigenvalue weighted by atomic mass is 9.97. The fourth-order valence-corrected chi connectivity index (χ4v) is 2.84. The van der Waals surface area contributed by atoms with Crippen LogP contribution in [0, 0.1) is 5.92 Å². The van der Waals surface area contributed by atoms with Crippen LogP contribution in [0.15, 0.2) is 33.3 Å². The van der Waals surface area contributed by atoms with E-state index in [9.17, 15) is 4.79 Å². The Hall–Kier alpha value is -1.73. The number of carboxylic acids is 1. The van der Waals surface area contributed by atoms with Crippen LogP contribution in [0.1, 0.15) is 12.3 Å². The summed E-state index contributed by atoms with van der Waals surface area (Å²) in [5, 5.41) is 12.7. The Kier molecular flexibility index (Phi) is 4.03. The number of halogens is 1. The van der Waals surface area contributed by atoms with Crippen molar-refractivity contribution in [3.05, 3.63) is 34.6 Å². The molecule has 0 radical (unpaired) electrons. The molecule has 1 aromatic heterocycles. The molecule has 1 saturated heterocycles. The maximum atomic E-state index is 10.6. The zero-order chi connectivity index (χ0) is 14.8. The highest BCUT2D eigenvalue weighted by Crippen LogP contribution is 2.23. The van der Waals surface area contributed by atoms with Gasteiger partial charge in [-0.15, -0.1) is 0 Å². The summed E-state index contributed by atoms with van der Waals surface area (Å²) in [6.07, 6.45) is 0.226. The molecule has 2 heterocycles. The van der Waals surface area contributed by atoms with Crippen LogP contribution < -0.4 is 0 Å². The molecule has 1 fully saturated rings. The van der Waals surface area contributed by atoms with Crippen molar-refractivity contribution in [1.82, 2.24) is 15.0 Å². The van der Waals surface area contributed by atoms with E-state index in [2.05, 4.69) is 31.0 Å². The summed E-state index contributed by atoms with van der Waals surface area (Å²) < 4.78 is 6.21. The molecular weight excluding hydrogens is 338 g/mol. The molecule has 0 aliphatic carbocycles. The molecule has 1 aliphatic rings. The number of aliphatic carboxylic acids is 1. The van der Waals surface area contributed by atoms with Crippen molar-refractivity contribution < 1.29 is 14.4 Å². The van der Waals surface area contributed by atoms with Crippen LogP contribution >= 0.6 is 15.9 Å². The van der Waals surface area contributed by atoms with E-state index in [0.717, 1.165) is 23.1 Å². The van der Waals surface area contributed by atoms with E-state index in [1.807, 2.05) is 24.3 Å². The van der Waals surface area contributed by atoms with Crippen LogP contribution in [0.25, 0.3) is 11.4 Å². The Balaban J connectivity index is 1.58. The Labute approximate surface area is 129 Å². The second-order valence-electron chi connectivity index (χ2n) is 5.18. The van der Waals surface area contributed by atoms with Gasteiger partial charge in [0.25, 0.3) is 0 Å². The molecule has 0 amide bonds. The molecule has 6 nitrogen and oxygen atoms in total. The van der Waals surface area contributed by atoms with Gasteiger partial charge >= 0.3 is 5.97 Å². The summed E-state index contributed by atoms with van der Waals surface area (Å²) in [7, 11) is 0. The minimum Gasteiger partial charge on any atom is -0.481 e. The summed E-state index contributed by atoms with van der Waals surface area (Å²) in [5.74, 6) is 0.608. The molecule has 0 atom stereocenters. The Morgan fingerprint density at radius 2 is 2.29 bits per heavy atom. The summed E-state index contributed by atoms with van der Waals surface area (Å²) in [5.41, 5.74) is 0.895. The first kappa shape index (κ1) is 14.2. The van der Waals surface area contributed by atoms with E-state index in [-0.39, 0.29) is 12.3 Å². The molecule has 0 spiro atoms. The van der Waals surface area contributed by atoms with Crippen molar-refractivity contribution in [3.63, 3.8) is 0 Å².